The molecule has 0 saturated carbocycles. The largest absolute Gasteiger partial charge is 0.334 e. The van der Waals surface area contributed by atoms with E-state index in [2.05, 4.69) is 19.1 Å². The molecule has 1 aromatic carbocycles. The molecule has 4 heteroatoms. The summed E-state index contributed by atoms with van der Waals surface area (Å²) < 4.78 is 13.1. The van der Waals surface area contributed by atoms with Crippen LogP contribution in [0.15, 0.2) is 36.4 Å². The van der Waals surface area contributed by atoms with Crippen LogP contribution in [0.1, 0.15) is 34.2 Å². The van der Waals surface area contributed by atoms with Crippen molar-refractivity contribution in [3.63, 3.8) is 0 Å². The number of thiophene rings is 1. The molecule has 0 bridgehead atoms. The fourth-order valence-corrected chi connectivity index (χ4v) is 3.83. The molecule has 1 fully saturated rings. The number of carbonyl (C=O) groups is 1. The summed E-state index contributed by atoms with van der Waals surface area (Å²) in [7, 11) is 0. The molecule has 0 aliphatic carbocycles. The summed E-state index contributed by atoms with van der Waals surface area (Å²) in [6.07, 6.45) is 2.32. The van der Waals surface area contributed by atoms with Crippen LogP contribution < -0.4 is 0 Å². The van der Waals surface area contributed by atoms with E-state index in [0.29, 0.717) is 6.42 Å². The topological polar surface area (TPSA) is 20.3 Å². The molecule has 1 saturated heterocycles. The first-order valence-electron chi connectivity index (χ1n) is 7.24. The molecule has 0 N–H and O–H groups in total. The van der Waals surface area contributed by atoms with Gasteiger partial charge in [0.15, 0.2) is 0 Å². The molecule has 2 aromatic rings. The van der Waals surface area contributed by atoms with E-state index in [1.54, 1.807) is 11.3 Å². The lowest BCUT2D eigenvalue weighted by Gasteiger charge is -2.27. The lowest BCUT2D eigenvalue weighted by atomic mass is 10.0. The monoisotopic (exact) mass is 303 g/mol. The van der Waals surface area contributed by atoms with Gasteiger partial charge < -0.3 is 4.90 Å². The van der Waals surface area contributed by atoms with Crippen LogP contribution in [0.3, 0.4) is 0 Å². The van der Waals surface area contributed by atoms with Crippen LogP contribution in [0, 0.1) is 12.7 Å². The Bertz CT molecular complexity index is 634. The summed E-state index contributed by atoms with van der Waals surface area (Å²) in [5, 5.41) is 0. The summed E-state index contributed by atoms with van der Waals surface area (Å²) in [4.78, 5) is 16.6. The number of likely N-dealkylation sites (tertiary alicyclic amines) is 1. The summed E-state index contributed by atoms with van der Waals surface area (Å²) in [6.45, 7) is 2.90. The van der Waals surface area contributed by atoms with Crippen molar-refractivity contribution in [2.45, 2.75) is 32.2 Å². The third kappa shape index (κ3) is 3.16. The third-order valence-electron chi connectivity index (χ3n) is 3.92. The minimum absolute atomic E-state index is 0.0733. The number of rotatable bonds is 4. The van der Waals surface area contributed by atoms with Gasteiger partial charge >= 0.3 is 0 Å². The molecule has 0 spiro atoms. The highest BCUT2D eigenvalue weighted by Gasteiger charge is 2.29. The second kappa shape index (κ2) is 5.98. The third-order valence-corrected chi connectivity index (χ3v) is 5.02. The summed E-state index contributed by atoms with van der Waals surface area (Å²) in [5.74, 6) is 0.00711. The highest BCUT2D eigenvalue weighted by Crippen LogP contribution is 2.33. The number of nitrogens with zero attached hydrogens (tertiary/aromatic N) is 1. The van der Waals surface area contributed by atoms with E-state index >= 15 is 0 Å². The van der Waals surface area contributed by atoms with Crippen molar-refractivity contribution in [1.82, 2.24) is 4.90 Å². The van der Waals surface area contributed by atoms with Gasteiger partial charge in [-0.05, 0) is 49.6 Å². The molecule has 1 aliphatic rings. The van der Waals surface area contributed by atoms with Gasteiger partial charge in [0, 0.05) is 22.7 Å². The van der Waals surface area contributed by atoms with Crippen molar-refractivity contribution in [3.8, 4) is 0 Å². The van der Waals surface area contributed by atoms with Crippen molar-refractivity contribution in [2.24, 2.45) is 0 Å². The smallest absolute Gasteiger partial charge is 0.223 e. The van der Waals surface area contributed by atoms with Gasteiger partial charge in [-0.3, -0.25) is 4.79 Å². The number of hydrogen-bond donors (Lipinski definition) is 0. The molecule has 1 aliphatic heterocycles. The Balaban J connectivity index is 1.88. The molecule has 2 nitrogen and oxygen atoms in total. The van der Waals surface area contributed by atoms with E-state index in [-0.39, 0.29) is 17.8 Å². The van der Waals surface area contributed by atoms with Gasteiger partial charge in [-0.1, -0.05) is 12.1 Å². The lowest BCUT2D eigenvalue weighted by Crippen LogP contribution is -2.30. The second-order valence-corrected chi connectivity index (χ2v) is 6.80. The van der Waals surface area contributed by atoms with E-state index < -0.39 is 0 Å². The normalized spacial score (nSPS) is 16.5. The van der Waals surface area contributed by atoms with Gasteiger partial charge in [-0.15, -0.1) is 11.3 Å². The van der Waals surface area contributed by atoms with Crippen molar-refractivity contribution in [3.05, 3.63) is 57.5 Å². The molecule has 1 unspecified atom stereocenters. The molecular weight excluding hydrogens is 285 g/mol. The van der Waals surface area contributed by atoms with Gasteiger partial charge in [-0.25, -0.2) is 4.39 Å². The molecule has 0 radical (unpaired) electrons. The Morgan fingerprint density at radius 1 is 1.24 bits per heavy atom. The Kier molecular flexibility index (Phi) is 4.06. The van der Waals surface area contributed by atoms with E-state index in [9.17, 15) is 9.18 Å². The highest BCUT2D eigenvalue weighted by molar-refractivity contribution is 7.12. The first-order valence-corrected chi connectivity index (χ1v) is 8.05. The van der Waals surface area contributed by atoms with Crippen molar-refractivity contribution in [2.75, 3.05) is 6.54 Å². The fourth-order valence-electron chi connectivity index (χ4n) is 2.84. The Morgan fingerprint density at radius 3 is 2.57 bits per heavy atom. The molecule has 3 rings (SSSR count). The Morgan fingerprint density at radius 2 is 2.00 bits per heavy atom. The molecular formula is C17H18FNOS. The quantitative estimate of drug-likeness (QED) is 0.832. The van der Waals surface area contributed by atoms with Gasteiger partial charge in [0.1, 0.15) is 5.82 Å². The molecule has 21 heavy (non-hydrogen) atoms. The molecule has 1 amide bonds. The zero-order chi connectivity index (χ0) is 14.8. The number of amides is 1. The van der Waals surface area contributed by atoms with Crippen molar-refractivity contribution >= 4 is 17.2 Å². The van der Waals surface area contributed by atoms with E-state index in [4.69, 9.17) is 0 Å². The van der Waals surface area contributed by atoms with Crippen molar-refractivity contribution < 1.29 is 9.18 Å². The van der Waals surface area contributed by atoms with Gasteiger partial charge in [-0.2, -0.15) is 0 Å². The number of carbonyl (C=O) groups excluding carboxylic acids is 1. The summed E-state index contributed by atoms with van der Waals surface area (Å²) >= 11 is 1.74. The van der Waals surface area contributed by atoms with Gasteiger partial charge in [0.05, 0.1) is 6.04 Å². The van der Waals surface area contributed by atoms with Crippen LogP contribution in [0.4, 0.5) is 4.39 Å². The first kappa shape index (κ1) is 14.3. The standard InChI is InChI=1S/C17H18FNOS/c1-12-4-9-16(21-12)15(19-10-2-3-17(19)20)11-13-5-7-14(18)8-6-13/h4-9,15H,2-3,10-11H2,1H3. The maximum atomic E-state index is 13.1. The van der Waals surface area contributed by atoms with Crippen LogP contribution in [0.5, 0.6) is 0 Å². The molecule has 110 valence electrons. The predicted molar refractivity (Wildman–Crippen MR) is 82.8 cm³/mol. The van der Waals surface area contributed by atoms with Crippen LogP contribution in [-0.4, -0.2) is 17.4 Å². The fraction of sp³-hybridized carbons (Fsp3) is 0.353. The number of benzene rings is 1. The average Bonchev–Trinajstić information content (AvgIpc) is 3.07. The van der Waals surface area contributed by atoms with Crippen LogP contribution in [0.2, 0.25) is 0 Å². The van der Waals surface area contributed by atoms with E-state index in [1.807, 2.05) is 17.0 Å². The van der Waals surface area contributed by atoms with Crippen molar-refractivity contribution in [1.29, 1.82) is 0 Å². The Labute approximate surface area is 128 Å². The zero-order valence-electron chi connectivity index (χ0n) is 12.0. The molecule has 1 aromatic heterocycles. The maximum Gasteiger partial charge on any atom is 0.223 e. The van der Waals surface area contributed by atoms with Crippen LogP contribution in [0.25, 0.3) is 0 Å². The molecule has 2 heterocycles. The molecule has 1 atom stereocenters. The SMILES string of the molecule is Cc1ccc(C(Cc2ccc(F)cc2)N2CCCC2=O)s1. The van der Waals surface area contributed by atoms with Gasteiger partial charge in [0.2, 0.25) is 5.91 Å². The predicted octanol–water partition coefficient (Wildman–Crippen LogP) is 4.10. The number of hydrogen-bond acceptors (Lipinski definition) is 2. The van der Waals surface area contributed by atoms with E-state index in [1.165, 1.54) is 21.9 Å². The average molecular weight is 303 g/mol. The van der Waals surface area contributed by atoms with Gasteiger partial charge in [0.25, 0.3) is 0 Å². The number of halogens is 1. The highest BCUT2D eigenvalue weighted by atomic mass is 32.1. The van der Waals surface area contributed by atoms with Crippen LogP contribution in [-0.2, 0) is 11.2 Å². The zero-order valence-corrected chi connectivity index (χ0v) is 12.8. The summed E-state index contributed by atoms with van der Waals surface area (Å²) in [5.41, 5.74) is 1.06. The lowest BCUT2D eigenvalue weighted by molar-refractivity contribution is -0.129. The first-order chi connectivity index (χ1) is 10.1. The van der Waals surface area contributed by atoms with Crippen LogP contribution >= 0.6 is 11.3 Å². The second-order valence-electron chi connectivity index (χ2n) is 5.49. The minimum atomic E-state index is -0.223. The van der Waals surface area contributed by atoms with E-state index in [0.717, 1.165) is 24.9 Å². The summed E-state index contributed by atoms with van der Waals surface area (Å²) in [6, 6.07) is 10.9. The maximum absolute atomic E-state index is 13.1. The number of aryl methyl sites for hydroxylation is 1. The Hall–Kier alpha value is -1.68. The minimum Gasteiger partial charge on any atom is -0.334 e.